The fourth-order valence-electron chi connectivity index (χ4n) is 5.94. The van der Waals surface area contributed by atoms with E-state index < -0.39 is 35.4 Å². The summed E-state index contributed by atoms with van der Waals surface area (Å²) in [6.45, 7) is 7.74. The maximum absolute atomic E-state index is 15.1. The Balaban J connectivity index is 5.46. The number of hydrogen-bond donors (Lipinski definition) is 3. The average molecular weight is 976 g/mol. The third kappa shape index (κ3) is 35.7. The van der Waals surface area contributed by atoms with Crippen molar-refractivity contribution in [2.24, 2.45) is 11.3 Å². The van der Waals surface area contributed by atoms with Crippen molar-refractivity contribution in [2.45, 2.75) is 96.8 Å². The monoisotopic (exact) mass is 974 g/mol. The van der Waals surface area contributed by atoms with Crippen molar-refractivity contribution in [2.75, 3.05) is 145 Å². The molecule has 0 aliphatic heterocycles. The largest absolute Gasteiger partial charge is 0.510 e. The Hall–Kier alpha value is -0.540. The van der Waals surface area contributed by atoms with Gasteiger partial charge >= 0.3 is 11.6 Å². The molecule has 0 aromatic carbocycles. The van der Waals surface area contributed by atoms with Crippen LogP contribution in [-0.2, 0) is 56.5 Å². The zero-order chi connectivity index (χ0) is 46.0. The molecule has 0 aromatic rings. The number of aliphatic hydroxyl groups is 1. The van der Waals surface area contributed by atoms with Crippen molar-refractivity contribution < 1.29 is 71.2 Å². The number of carbonyl (C=O) groups is 2. The first kappa shape index (κ1) is 61.5. The fourth-order valence-corrected chi connectivity index (χ4v) is 12.1. The lowest BCUT2D eigenvalue weighted by Gasteiger charge is -2.39. The van der Waals surface area contributed by atoms with E-state index in [0.717, 1.165) is 50.1 Å². The zero-order valence-corrected chi connectivity index (χ0v) is 41.4. The van der Waals surface area contributed by atoms with Gasteiger partial charge in [-0.05, 0) is 65.7 Å². The van der Waals surface area contributed by atoms with E-state index in [4.69, 9.17) is 75.1 Å². The molecule has 0 saturated carbocycles. The number of ether oxygens (including phenoxy) is 10. The molecule has 0 bridgehead atoms. The van der Waals surface area contributed by atoms with E-state index in [2.05, 4.69) is 24.5 Å². The van der Waals surface area contributed by atoms with E-state index in [0.29, 0.717) is 71.7 Å². The van der Waals surface area contributed by atoms with Crippen LogP contribution in [0.1, 0.15) is 85.0 Å². The summed E-state index contributed by atoms with van der Waals surface area (Å²) in [6, 6.07) is 0. The molecular formula is C41H81Cl2N2O15PS. The smallest absolute Gasteiger partial charge is 0.433 e. The normalized spacial score (nSPS) is 14.7. The van der Waals surface area contributed by atoms with Crippen LogP contribution in [0, 0.1) is 11.3 Å². The van der Waals surface area contributed by atoms with Crippen LogP contribution < -0.4 is 10.6 Å². The van der Waals surface area contributed by atoms with Gasteiger partial charge in [0.05, 0.1) is 72.7 Å². The van der Waals surface area contributed by atoms with E-state index in [9.17, 15) is 14.7 Å². The number of hydrogen-bond acceptors (Lipinski definition) is 18. The first-order chi connectivity index (χ1) is 30.0. The van der Waals surface area contributed by atoms with Crippen molar-refractivity contribution in [3.05, 3.63) is 0 Å². The van der Waals surface area contributed by atoms with E-state index >= 15 is 4.57 Å². The van der Waals surface area contributed by atoms with Crippen LogP contribution in [0.4, 0.5) is 9.59 Å². The summed E-state index contributed by atoms with van der Waals surface area (Å²) in [5, 5.41) is 15.6. The Morgan fingerprint density at radius 2 is 1.11 bits per heavy atom. The first-order valence-electron chi connectivity index (χ1n) is 22.2. The molecule has 0 aliphatic carbocycles. The van der Waals surface area contributed by atoms with Gasteiger partial charge in [-0.2, -0.15) is 0 Å². The molecule has 0 rings (SSSR count). The molecule has 0 radical (unpaired) electrons. The average Bonchev–Trinajstić information content (AvgIpc) is 3.23. The Morgan fingerprint density at radius 1 is 0.661 bits per heavy atom. The van der Waals surface area contributed by atoms with Crippen LogP contribution in [0.5, 0.6) is 0 Å². The first-order valence-corrected chi connectivity index (χ1v) is 26.4. The second-order valence-corrected chi connectivity index (χ2v) is 20.1. The van der Waals surface area contributed by atoms with Gasteiger partial charge in [0.15, 0.2) is 5.56 Å². The Bertz CT molecular complexity index is 1090. The number of rotatable bonds is 47. The predicted octanol–water partition coefficient (Wildman–Crippen LogP) is 7.46. The molecule has 3 N–H and O–H groups in total. The van der Waals surface area contributed by atoms with Crippen molar-refractivity contribution in [1.29, 1.82) is 0 Å². The highest BCUT2D eigenvalue weighted by Crippen LogP contribution is 2.65. The van der Waals surface area contributed by atoms with Crippen LogP contribution >= 0.6 is 41.2 Å². The molecule has 0 spiro atoms. The van der Waals surface area contributed by atoms with Crippen LogP contribution in [0.15, 0.2) is 0 Å². The molecule has 0 aliphatic rings. The Morgan fingerprint density at radius 3 is 1.56 bits per heavy atom. The lowest BCUT2D eigenvalue weighted by Crippen LogP contribution is -2.40. The van der Waals surface area contributed by atoms with Crippen LogP contribution in [0.25, 0.3) is 0 Å². The second-order valence-electron chi connectivity index (χ2n) is 14.6. The summed E-state index contributed by atoms with van der Waals surface area (Å²) >= 11 is 13.6. The topological polar surface area (TPSA) is 197 Å². The quantitative estimate of drug-likeness (QED) is 0.0136. The molecule has 4 atom stereocenters. The molecule has 0 amide bonds. The predicted molar refractivity (Wildman–Crippen MR) is 244 cm³/mol. The third-order valence-corrected chi connectivity index (χ3v) is 14.8. The van der Waals surface area contributed by atoms with E-state index in [1.807, 2.05) is 14.1 Å². The number of nitrogens with one attached hydrogen (secondary N) is 2. The molecule has 370 valence electrons. The minimum Gasteiger partial charge on any atom is -0.433 e. The summed E-state index contributed by atoms with van der Waals surface area (Å²) in [4.78, 5) is 24.7. The van der Waals surface area contributed by atoms with Gasteiger partial charge in [0.2, 0.25) is 6.29 Å². The number of unbranched alkanes of at least 4 members (excludes halogenated alkanes) is 6. The van der Waals surface area contributed by atoms with Gasteiger partial charge in [-0.25, -0.2) is 9.59 Å². The molecule has 0 aromatic heterocycles. The summed E-state index contributed by atoms with van der Waals surface area (Å²) in [7, 11) is 3.65. The molecule has 21 heteroatoms. The molecule has 0 fully saturated rings. The maximum Gasteiger partial charge on any atom is 0.510 e. The standard InChI is InChI=1S/C41H81Cl2N2O15PS/c1-6-8-10-12-17-50-22-24-53-20-15-41(14-19-52-21-16-46,38(42)59-39(43)47)35-61(49,62-34-37(32-44-4)33-45-5)60-36(3)58-40(48)57-31-30-56-29-28-55-27-26-54-25-23-51-18-13-11-9-7-2/h36-38,44-46H,6-35H2,1-5H3. The number of alkyl halides is 1. The van der Waals surface area contributed by atoms with Crippen LogP contribution in [0.3, 0.4) is 0 Å². The lowest BCUT2D eigenvalue weighted by molar-refractivity contribution is -0.0588. The fraction of sp³-hybridized carbons (Fsp3) is 0.951. The molecule has 0 heterocycles. The molecule has 4 unspecified atom stereocenters. The van der Waals surface area contributed by atoms with Crippen molar-refractivity contribution in [1.82, 2.24) is 10.6 Å². The van der Waals surface area contributed by atoms with Gasteiger partial charge in [0, 0.05) is 55.4 Å². The van der Waals surface area contributed by atoms with Gasteiger partial charge < -0.3 is 63.1 Å². The number of aliphatic hydroxyl groups excluding tert-OH is 1. The minimum absolute atomic E-state index is 0.0294. The summed E-state index contributed by atoms with van der Waals surface area (Å²) in [6.07, 6.45) is 6.72. The Kier molecular flexibility index (Phi) is 42.7. The third-order valence-electron chi connectivity index (χ3n) is 9.19. The lowest BCUT2D eigenvalue weighted by atomic mass is 9.84. The minimum atomic E-state index is -3.88. The highest BCUT2D eigenvalue weighted by molar-refractivity contribution is 8.56. The van der Waals surface area contributed by atoms with Gasteiger partial charge in [-0.3, -0.25) is 9.09 Å². The second kappa shape index (κ2) is 43.1. The maximum atomic E-state index is 15.1. The van der Waals surface area contributed by atoms with Crippen LogP contribution in [0.2, 0.25) is 0 Å². The SMILES string of the molecule is CCCCCCOCCOCCOCCOCCOC(=O)OC(C)OP(=O)(CC(CCOCCO)(CCOCCOCCCCCC)C(Cl)OC(=O)Cl)SCC(CNC)CNC. The van der Waals surface area contributed by atoms with E-state index in [1.165, 1.54) is 26.2 Å². The Labute approximate surface area is 386 Å². The summed E-state index contributed by atoms with van der Waals surface area (Å²) in [5.74, 6) is 0.408. The van der Waals surface area contributed by atoms with E-state index in [1.54, 1.807) is 0 Å². The van der Waals surface area contributed by atoms with Gasteiger partial charge in [-0.15, -0.1) is 0 Å². The molecular weight excluding hydrogens is 894 g/mol. The van der Waals surface area contributed by atoms with E-state index in [-0.39, 0.29) is 71.2 Å². The zero-order valence-electron chi connectivity index (χ0n) is 38.2. The van der Waals surface area contributed by atoms with Gasteiger partial charge in [0.25, 0.3) is 6.57 Å². The van der Waals surface area contributed by atoms with Crippen molar-refractivity contribution >= 4 is 52.7 Å². The van der Waals surface area contributed by atoms with Crippen molar-refractivity contribution in [3.63, 3.8) is 0 Å². The highest BCUT2D eigenvalue weighted by Gasteiger charge is 2.47. The van der Waals surface area contributed by atoms with Crippen molar-refractivity contribution in [3.8, 4) is 0 Å². The molecule has 62 heavy (non-hydrogen) atoms. The van der Waals surface area contributed by atoms with Crippen LogP contribution in [-0.4, -0.2) is 173 Å². The van der Waals surface area contributed by atoms with Gasteiger partial charge in [-0.1, -0.05) is 75.4 Å². The molecule has 17 nitrogen and oxygen atoms in total. The summed E-state index contributed by atoms with van der Waals surface area (Å²) < 4.78 is 76.3. The number of halogens is 2. The number of carbonyl (C=O) groups excluding carboxylic acids is 2. The highest BCUT2D eigenvalue weighted by atomic mass is 35.5. The molecule has 0 saturated heterocycles. The van der Waals surface area contributed by atoms with Gasteiger partial charge in [0.1, 0.15) is 6.61 Å². The summed E-state index contributed by atoms with van der Waals surface area (Å²) in [5.41, 5.74) is -3.81.